The second-order valence-corrected chi connectivity index (χ2v) is 6.35. The van der Waals surface area contributed by atoms with E-state index in [9.17, 15) is 0 Å². The van der Waals surface area contributed by atoms with Crippen LogP contribution in [-0.4, -0.2) is 30.1 Å². The Bertz CT molecular complexity index is 225. The van der Waals surface area contributed by atoms with Crippen molar-refractivity contribution in [3.63, 3.8) is 0 Å². The average Bonchev–Trinajstić information content (AvgIpc) is 2.40. The van der Waals surface area contributed by atoms with Crippen LogP contribution < -0.4 is 5.73 Å². The molecule has 0 aromatic rings. The topological polar surface area (TPSA) is 29.3 Å². The zero-order valence-corrected chi connectivity index (χ0v) is 13.0. The maximum absolute atomic E-state index is 6.19. The standard InChI is InChI=1S/C16H34N2/c1-5-15(6-2)12-18(7-3)16(13-17)10-8-9-14(4)11-16/h14-15H,5-13,17H2,1-4H3. The van der Waals surface area contributed by atoms with E-state index in [1.807, 2.05) is 0 Å². The van der Waals surface area contributed by atoms with E-state index in [1.54, 1.807) is 0 Å². The molecule has 1 fully saturated rings. The smallest absolute Gasteiger partial charge is 0.0334 e. The van der Waals surface area contributed by atoms with Gasteiger partial charge in [0.2, 0.25) is 0 Å². The van der Waals surface area contributed by atoms with E-state index in [0.717, 1.165) is 24.9 Å². The van der Waals surface area contributed by atoms with E-state index >= 15 is 0 Å². The summed E-state index contributed by atoms with van der Waals surface area (Å²) in [5.41, 5.74) is 6.49. The zero-order valence-electron chi connectivity index (χ0n) is 13.0. The van der Waals surface area contributed by atoms with Gasteiger partial charge in [-0.2, -0.15) is 0 Å². The second-order valence-electron chi connectivity index (χ2n) is 6.35. The number of rotatable bonds is 7. The van der Waals surface area contributed by atoms with Gasteiger partial charge in [0.1, 0.15) is 0 Å². The van der Waals surface area contributed by atoms with Crippen LogP contribution in [0.4, 0.5) is 0 Å². The normalized spacial score (nSPS) is 29.2. The fourth-order valence-electron chi connectivity index (χ4n) is 3.75. The predicted octanol–water partition coefficient (Wildman–Crippen LogP) is 3.65. The van der Waals surface area contributed by atoms with Gasteiger partial charge >= 0.3 is 0 Å². The van der Waals surface area contributed by atoms with Gasteiger partial charge in [0.15, 0.2) is 0 Å². The first-order valence-electron chi connectivity index (χ1n) is 8.06. The maximum Gasteiger partial charge on any atom is 0.0334 e. The number of nitrogens with zero attached hydrogens (tertiary/aromatic N) is 1. The first-order chi connectivity index (χ1) is 8.61. The molecule has 2 unspecified atom stereocenters. The summed E-state index contributed by atoms with van der Waals surface area (Å²) in [7, 11) is 0. The lowest BCUT2D eigenvalue weighted by Crippen LogP contribution is -2.57. The van der Waals surface area contributed by atoms with E-state index in [-0.39, 0.29) is 0 Å². The van der Waals surface area contributed by atoms with E-state index in [1.165, 1.54) is 45.1 Å². The van der Waals surface area contributed by atoms with Crippen LogP contribution in [0.25, 0.3) is 0 Å². The van der Waals surface area contributed by atoms with Gasteiger partial charge in [-0.1, -0.05) is 53.4 Å². The summed E-state index contributed by atoms with van der Waals surface area (Å²) in [5.74, 6) is 1.68. The molecule has 0 amide bonds. The molecule has 1 saturated carbocycles. The number of hydrogen-bond acceptors (Lipinski definition) is 2. The van der Waals surface area contributed by atoms with Gasteiger partial charge in [0.25, 0.3) is 0 Å². The molecule has 1 rings (SSSR count). The monoisotopic (exact) mass is 254 g/mol. The van der Waals surface area contributed by atoms with Crippen molar-refractivity contribution >= 4 is 0 Å². The molecular weight excluding hydrogens is 220 g/mol. The van der Waals surface area contributed by atoms with Gasteiger partial charge in [-0.3, -0.25) is 4.90 Å². The molecule has 0 aliphatic heterocycles. The lowest BCUT2D eigenvalue weighted by molar-refractivity contribution is 0.0297. The Morgan fingerprint density at radius 1 is 1.28 bits per heavy atom. The van der Waals surface area contributed by atoms with Crippen LogP contribution in [0.5, 0.6) is 0 Å². The van der Waals surface area contributed by atoms with Crippen LogP contribution in [0.2, 0.25) is 0 Å². The predicted molar refractivity (Wildman–Crippen MR) is 80.7 cm³/mol. The third-order valence-corrected chi connectivity index (χ3v) is 5.13. The van der Waals surface area contributed by atoms with Crippen molar-refractivity contribution in [3.8, 4) is 0 Å². The largest absolute Gasteiger partial charge is 0.329 e. The molecule has 0 heterocycles. The summed E-state index contributed by atoms with van der Waals surface area (Å²) in [5, 5.41) is 0. The summed E-state index contributed by atoms with van der Waals surface area (Å²) in [6.07, 6.45) is 7.95. The minimum atomic E-state index is 0.301. The molecular formula is C16H34N2. The molecule has 0 aromatic heterocycles. The van der Waals surface area contributed by atoms with Crippen molar-refractivity contribution in [1.29, 1.82) is 0 Å². The van der Waals surface area contributed by atoms with Crippen LogP contribution >= 0.6 is 0 Å². The fourth-order valence-corrected chi connectivity index (χ4v) is 3.75. The van der Waals surface area contributed by atoms with Crippen LogP contribution in [0.15, 0.2) is 0 Å². The first-order valence-corrected chi connectivity index (χ1v) is 8.06. The number of likely N-dealkylation sites (N-methyl/N-ethyl adjacent to an activating group) is 1. The molecule has 2 nitrogen and oxygen atoms in total. The molecule has 2 heteroatoms. The van der Waals surface area contributed by atoms with E-state index < -0.39 is 0 Å². The Kier molecular flexibility index (Phi) is 6.65. The van der Waals surface area contributed by atoms with Crippen molar-refractivity contribution in [2.75, 3.05) is 19.6 Å². The van der Waals surface area contributed by atoms with E-state index in [4.69, 9.17) is 5.73 Å². The Hall–Kier alpha value is -0.0800. The van der Waals surface area contributed by atoms with Crippen LogP contribution in [0, 0.1) is 11.8 Å². The highest BCUT2D eigenvalue weighted by molar-refractivity contribution is 4.96. The lowest BCUT2D eigenvalue weighted by Gasteiger charge is -2.48. The minimum absolute atomic E-state index is 0.301. The highest BCUT2D eigenvalue weighted by Crippen LogP contribution is 2.36. The van der Waals surface area contributed by atoms with E-state index in [0.29, 0.717) is 5.54 Å². The summed E-state index contributed by atoms with van der Waals surface area (Å²) >= 11 is 0. The van der Waals surface area contributed by atoms with Crippen molar-refractivity contribution < 1.29 is 0 Å². The molecule has 18 heavy (non-hydrogen) atoms. The fraction of sp³-hybridized carbons (Fsp3) is 1.00. The van der Waals surface area contributed by atoms with Crippen LogP contribution in [0.3, 0.4) is 0 Å². The summed E-state index contributed by atoms with van der Waals surface area (Å²) < 4.78 is 0. The zero-order chi connectivity index (χ0) is 13.6. The maximum atomic E-state index is 6.19. The molecule has 0 radical (unpaired) electrons. The molecule has 0 saturated heterocycles. The second kappa shape index (κ2) is 7.49. The van der Waals surface area contributed by atoms with Crippen LogP contribution in [-0.2, 0) is 0 Å². The molecule has 2 atom stereocenters. The highest BCUT2D eigenvalue weighted by atomic mass is 15.2. The Morgan fingerprint density at radius 2 is 1.94 bits per heavy atom. The first kappa shape index (κ1) is 16.0. The molecule has 0 spiro atoms. The van der Waals surface area contributed by atoms with Crippen molar-refractivity contribution in [3.05, 3.63) is 0 Å². The van der Waals surface area contributed by atoms with Crippen LogP contribution in [0.1, 0.15) is 66.2 Å². The quantitative estimate of drug-likeness (QED) is 0.751. The SMILES string of the molecule is CCC(CC)CN(CC)C1(CN)CCCC(C)C1. The van der Waals surface area contributed by atoms with Crippen molar-refractivity contribution in [2.45, 2.75) is 71.8 Å². The van der Waals surface area contributed by atoms with Crippen molar-refractivity contribution in [2.24, 2.45) is 17.6 Å². The van der Waals surface area contributed by atoms with Gasteiger partial charge in [-0.25, -0.2) is 0 Å². The Balaban J connectivity index is 2.75. The Morgan fingerprint density at radius 3 is 2.39 bits per heavy atom. The number of nitrogens with two attached hydrogens (primary N) is 1. The summed E-state index contributed by atoms with van der Waals surface area (Å²) in [4.78, 5) is 2.71. The molecule has 1 aliphatic carbocycles. The summed E-state index contributed by atoms with van der Waals surface area (Å²) in [6.45, 7) is 12.6. The van der Waals surface area contributed by atoms with Crippen molar-refractivity contribution in [1.82, 2.24) is 4.90 Å². The molecule has 2 N–H and O–H groups in total. The molecule has 0 bridgehead atoms. The molecule has 1 aliphatic rings. The molecule has 108 valence electrons. The minimum Gasteiger partial charge on any atom is -0.329 e. The Labute approximate surface area is 114 Å². The van der Waals surface area contributed by atoms with Gasteiger partial charge in [0, 0.05) is 18.6 Å². The number of hydrogen-bond donors (Lipinski definition) is 1. The third-order valence-electron chi connectivity index (χ3n) is 5.13. The van der Waals surface area contributed by atoms with E-state index in [2.05, 4.69) is 32.6 Å². The average molecular weight is 254 g/mol. The molecule has 0 aromatic carbocycles. The summed E-state index contributed by atoms with van der Waals surface area (Å²) in [6, 6.07) is 0. The third kappa shape index (κ3) is 3.71. The highest BCUT2D eigenvalue weighted by Gasteiger charge is 2.38. The van der Waals surface area contributed by atoms with Gasteiger partial charge in [0.05, 0.1) is 0 Å². The van der Waals surface area contributed by atoms with Gasteiger partial charge in [-0.05, 0) is 31.2 Å². The van der Waals surface area contributed by atoms with Gasteiger partial charge < -0.3 is 5.73 Å². The lowest BCUT2D eigenvalue weighted by atomic mass is 9.75. The van der Waals surface area contributed by atoms with Gasteiger partial charge in [-0.15, -0.1) is 0 Å².